The van der Waals surface area contributed by atoms with Crippen LogP contribution in [0.25, 0.3) is 33.4 Å². The quantitative estimate of drug-likeness (QED) is 0.473. The molecule has 0 unspecified atom stereocenters. The molecule has 4 aromatic rings. The van der Waals surface area contributed by atoms with E-state index >= 15 is 0 Å². The Labute approximate surface area is 181 Å². The van der Waals surface area contributed by atoms with Crippen LogP contribution < -0.4 is 28.2 Å². The Balaban J connectivity index is 2.38. The summed E-state index contributed by atoms with van der Waals surface area (Å²) in [6.07, 6.45) is 0. The Morgan fingerprint density at radius 1 is 0.781 bits per heavy atom. The number of hydrogen-bond acceptors (Lipinski definition) is 5. The van der Waals surface area contributed by atoms with Crippen molar-refractivity contribution in [1.29, 1.82) is 0 Å². The van der Waals surface area contributed by atoms with Gasteiger partial charge in [0, 0.05) is 39.3 Å². The average molecular weight is 436 g/mol. The zero-order chi connectivity index (χ0) is 23.6. The van der Waals surface area contributed by atoms with Gasteiger partial charge in [0.05, 0.1) is 16.6 Å². The Hall–Kier alpha value is -4.08. The van der Waals surface area contributed by atoms with Gasteiger partial charge < -0.3 is 10.7 Å². The highest BCUT2D eigenvalue weighted by molar-refractivity contribution is 6.04. The van der Waals surface area contributed by atoms with Gasteiger partial charge in [-0.3, -0.25) is 27.9 Å². The summed E-state index contributed by atoms with van der Waals surface area (Å²) in [4.78, 5) is 54.7. The molecule has 10 nitrogen and oxygen atoms in total. The lowest BCUT2D eigenvalue weighted by Crippen LogP contribution is -2.39. The van der Waals surface area contributed by atoms with Gasteiger partial charge in [-0.1, -0.05) is 17.7 Å². The Morgan fingerprint density at radius 2 is 1.38 bits per heavy atom. The van der Waals surface area contributed by atoms with Crippen molar-refractivity contribution in [2.24, 2.45) is 28.2 Å². The van der Waals surface area contributed by atoms with Crippen LogP contribution in [0.4, 0.5) is 5.82 Å². The Kier molecular flexibility index (Phi) is 4.61. The number of aromatic amines is 1. The monoisotopic (exact) mass is 436 g/mol. The molecule has 0 bridgehead atoms. The number of hydrogen-bond donors (Lipinski definition) is 2. The summed E-state index contributed by atoms with van der Waals surface area (Å²) in [5.41, 5.74) is 7.61. The lowest BCUT2D eigenvalue weighted by atomic mass is 9.96. The number of aryl methyl sites for hydroxylation is 3. The van der Waals surface area contributed by atoms with Gasteiger partial charge >= 0.3 is 11.4 Å². The van der Waals surface area contributed by atoms with E-state index in [1.165, 1.54) is 25.7 Å². The second-order valence-corrected chi connectivity index (χ2v) is 8.09. The van der Waals surface area contributed by atoms with Crippen molar-refractivity contribution in [2.45, 2.75) is 13.8 Å². The molecule has 0 aliphatic rings. The summed E-state index contributed by atoms with van der Waals surface area (Å²) in [5.74, 6) is -0.0681. The first-order valence-electron chi connectivity index (χ1n) is 9.92. The molecule has 0 spiro atoms. The molecule has 0 atom stereocenters. The van der Waals surface area contributed by atoms with Crippen LogP contribution in [0.1, 0.15) is 11.1 Å². The molecule has 3 N–H and O–H groups in total. The van der Waals surface area contributed by atoms with Gasteiger partial charge in [0.15, 0.2) is 0 Å². The van der Waals surface area contributed by atoms with Crippen LogP contribution in [-0.2, 0) is 28.2 Å². The predicted octanol–water partition coefficient (Wildman–Crippen LogP) is 0.496. The predicted molar refractivity (Wildman–Crippen MR) is 124 cm³/mol. The molecule has 0 saturated carbocycles. The standard InChI is InChI=1S/C22H24N6O4/c1-10-7-8-11(2)12(9-10)16-13(14-17(23)25(3)21(31)27(5)19(14)29)15-18(24-16)26(4)22(32)28(6)20(15)30/h7-9,24H,23H2,1-6H3. The fraction of sp³-hybridized carbons (Fsp3) is 0.273. The maximum absolute atomic E-state index is 13.3. The number of rotatable bonds is 2. The number of aromatic nitrogens is 5. The van der Waals surface area contributed by atoms with E-state index in [-0.39, 0.29) is 28.0 Å². The largest absolute Gasteiger partial charge is 0.384 e. The van der Waals surface area contributed by atoms with Crippen molar-refractivity contribution >= 4 is 16.9 Å². The van der Waals surface area contributed by atoms with Crippen molar-refractivity contribution in [3.8, 4) is 22.4 Å². The topological polar surface area (TPSA) is 130 Å². The molecule has 0 radical (unpaired) electrons. The van der Waals surface area contributed by atoms with Gasteiger partial charge in [0.25, 0.3) is 11.1 Å². The minimum Gasteiger partial charge on any atom is -0.384 e. The highest BCUT2D eigenvalue weighted by Crippen LogP contribution is 2.38. The van der Waals surface area contributed by atoms with Crippen molar-refractivity contribution < 1.29 is 0 Å². The van der Waals surface area contributed by atoms with Crippen LogP contribution in [0, 0.1) is 13.8 Å². The molecule has 32 heavy (non-hydrogen) atoms. The minimum absolute atomic E-state index is 0.0208. The van der Waals surface area contributed by atoms with E-state index in [1.807, 2.05) is 32.0 Å². The fourth-order valence-corrected chi connectivity index (χ4v) is 4.07. The molecule has 3 heterocycles. The zero-order valence-corrected chi connectivity index (χ0v) is 18.7. The van der Waals surface area contributed by atoms with Gasteiger partial charge in [-0.2, -0.15) is 0 Å². The van der Waals surface area contributed by atoms with Gasteiger partial charge in [0.2, 0.25) is 0 Å². The number of fused-ring (bicyclic) bond motifs is 1. The van der Waals surface area contributed by atoms with E-state index in [4.69, 9.17) is 5.73 Å². The summed E-state index contributed by atoms with van der Waals surface area (Å²) in [7, 11) is 5.73. The minimum atomic E-state index is -0.631. The van der Waals surface area contributed by atoms with E-state index in [0.717, 1.165) is 30.4 Å². The normalized spacial score (nSPS) is 11.4. The molecule has 0 fully saturated rings. The molecule has 166 valence electrons. The summed E-state index contributed by atoms with van der Waals surface area (Å²) in [6.45, 7) is 3.84. The van der Waals surface area contributed by atoms with Crippen LogP contribution in [0.5, 0.6) is 0 Å². The molecule has 0 saturated heterocycles. The number of nitrogens with one attached hydrogen (secondary N) is 1. The number of benzene rings is 1. The highest BCUT2D eigenvalue weighted by atomic mass is 16.2. The van der Waals surface area contributed by atoms with Gasteiger partial charge in [0.1, 0.15) is 11.5 Å². The number of nitrogens with two attached hydrogens (primary N) is 1. The van der Waals surface area contributed by atoms with E-state index in [0.29, 0.717) is 5.69 Å². The maximum atomic E-state index is 13.3. The Morgan fingerprint density at radius 3 is 2.03 bits per heavy atom. The SMILES string of the molecule is Cc1ccc(C)c(-c2[nH]c3c(c2-c2c(N)n(C)c(=O)n(C)c2=O)c(=O)n(C)c(=O)n3C)c1. The zero-order valence-electron chi connectivity index (χ0n) is 18.7. The lowest BCUT2D eigenvalue weighted by molar-refractivity contribution is 0.696. The first-order chi connectivity index (χ1) is 15.0. The van der Waals surface area contributed by atoms with Crippen LogP contribution in [0.3, 0.4) is 0 Å². The van der Waals surface area contributed by atoms with Crippen LogP contribution in [0.15, 0.2) is 37.4 Å². The molecule has 0 aliphatic carbocycles. The maximum Gasteiger partial charge on any atom is 0.332 e. The van der Waals surface area contributed by atoms with E-state index in [1.54, 1.807) is 7.05 Å². The Bertz CT molecular complexity index is 1680. The third-order valence-corrected chi connectivity index (χ3v) is 6.03. The molecule has 1 aromatic carbocycles. The highest BCUT2D eigenvalue weighted by Gasteiger charge is 2.27. The number of H-pyrrole nitrogens is 1. The summed E-state index contributed by atoms with van der Waals surface area (Å²) in [6, 6.07) is 5.81. The van der Waals surface area contributed by atoms with Crippen molar-refractivity contribution in [3.05, 3.63) is 71.0 Å². The summed E-state index contributed by atoms with van der Waals surface area (Å²) >= 11 is 0. The van der Waals surface area contributed by atoms with Gasteiger partial charge in [-0.05, 0) is 25.5 Å². The van der Waals surface area contributed by atoms with E-state index in [2.05, 4.69) is 4.98 Å². The number of nitrogens with zero attached hydrogens (tertiary/aromatic N) is 4. The first-order valence-corrected chi connectivity index (χ1v) is 9.92. The smallest absolute Gasteiger partial charge is 0.332 e. The van der Waals surface area contributed by atoms with E-state index < -0.39 is 22.5 Å². The molecule has 3 aromatic heterocycles. The molecular formula is C22H24N6O4. The lowest BCUT2D eigenvalue weighted by Gasteiger charge is -2.14. The molecule has 0 amide bonds. The molecule has 0 aliphatic heterocycles. The van der Waals surface area contributed by atoms with Crippen LogP contribution >= 0.6 is 0 Å². The van der Waals surface area contributed by atoms with E-state index in [9.17, 15) is 19.2 Å². The third kappa shape index (κ3) is 2.72. The fourth-order valence-electron chi connectivity index (χ4n) is 4.07. The van der Waals surface area contributed by atoms with Crippen LogP contribution in [-0.4, -0.2) is 23.3 Å². The third-order valence-electron chi connectivity index (χ3n) is 6.03. The number of anilines is 1. The van der Waals surface area contributed by atoms with Crippen molar-refractivity contribution in [3.63, 3.8) is 0 Å². The second kappa shape index (κ2) is 6.98. The van der Waals surface area contributed by atoms with Crippen molar-refractivity contribution in [2.75, 3.05) is 5.73 Å². The molecule has 10 heteroatoms. The van der Waals surface area contributed by atoms with Crippen LogP contribution in [0.2, 0.25) is 0 Å². The summed E-state index contributed by atoms with van der Waals surface area (Å²) in [5, 5.41) is 0.146. The molecular weight excluding hydrogens is 412 g/mol. The van der Waals surface area contributed by atoms with Gasteiger partial charge in [-0.15, -0.1) is 0 Å². The van der Waals surface area contributed by atoms with Crippen molar-refractivity contribution in [1.82, 2.24) is 23.3 Å². The number of nitrogen functional groups attached to an aromatic ring is 1. The molecule has 4 rings (SSSR count). The second-order valence-electron chi connectivity index (χ2n) is 8.09. The first kappa shape index (κ1) is 21.2. The van der Waals surface area contributed by atoms with Gasteiger partial charge in [-0.25, -0.2) is 9.59 Å². The summed E-state index contributed by atoms with van der Waals surface area (Å²) < 4.78 is 4.41. The average Bonchev–Trinajstić information content (AvgIpc) is 3.15.